The van der Waals surface area contributed by atoms with Crippen molar-refractivity contribution in [2.75, 3.05) is 6.61 Å². The van der Waals surface area contributed by atoms with Crippen molar-refractivity contribution >= 4 is 11.5 Å². The van der Waals surface area contributed by atoms with Crippen LogP contribution in [0.15, 0.2) is 36.4 Å². The van der Waals surface area contributed by atoms with E-state index in [1.165, 1.54) is 0 Å². The van der Waals surface area contributed by atoms with Crippen LogP contribution in [0.25, 0.3) is 5.76 Å². The second-order valence-electron chi connectivity index (χ2n) is 2.97. The van der Waals surface area contributed by atoms with Crippen LogP contribution in [0.2, 0.25) is 0 Å². The summed E-state index contributed by atoms with van der Waals surface area (Å²) in [5, 5.41) is 0. The van der Waals surface area contributed by atoms with Gasteiger partial charge in [0.1, 0.15) is 12.4 Å². The zero-order valence-electron chi connectivity index (χ0n) is 7.19. The molecule has 0 fully saturated rings. The van der Waals surface area contributed by atoms with E-state index in [9.17, 15) is 4.79 Å². The van der Waals surface area contributed by atoms with Gasteiger partial charge in [-0.2, -0.15) is 0 Å². The minimum atomic E-state index is 0.139. The number of ketones is 1. The van der Waals surface area contributed by atoms with Gasteiger partial charge < -0.3 is 4.74 Å². The molecule has 0 atom stereocenters. The molecule has 1 aliphatic heterocycles. The molecule has 13 heavy (non-hydrogen) atoms. The van der Waals surface area contributed by atoms with Gasteiger partial charge in [-0.15, -0.1) is 0 Å². The van der Waals surface area contributed by atoms with Crippen LogP contribution in [0, 0.1) is 0 Å². The zero-order chi connectivity index (χ0) is 9.10. The smallest absolute Gasteiger partial charge is 0.174 e. The van der Waals surface area contributed by atoms with E-state index >= 15 is 0 Å². The summed E-state index contributed by atoms with van der Waals surface area (Å²) in [6.07, 6.45) is 2.32. The second-order valence-corrected chi connectivity index (χ2v) is 2.97. The number of Topliss-reactive ketones (excluding diaryl/α,β-unsaturated/α-hetero) is 1. The van der Waals surface area contributed by atoms with Gasteiger partial charge in [0.05, 0.1) is 0 Å². The van der Waals surface area contributed by atoms with Crippen LogP contribution < -0.4 is 0 Å². The molecule has 1 heterocycles. The van der Waals surface area contributed by atoms with Crippen LogP contribution in [-0.2, 0) is 9.53 Å². The molecule has 0 bridgehead atoms. The van der Waals surface area contributed by atoms with Crippen molar-refractivity contribution in [3.8, 4) is 0 Å². The first-order chi connectivity index (χ1) is 6.36. The van der Waals surface area contributed by atoms with Crippen molar-refractivity contribution in [1.82, 2.24) is 0 Å². The summed E-state index contributed by atoms with van der Waals surface area (Å²) in [5.41, 5.74) is 1.04. The molecule has 0 N–H and O–H groups in total. The number of ether oxygens (including phenoxy) is 1. The van der Waals surface area contributed by atoms with Gasteiger partial charge in [0.15, 0.2) is 5.78 Å². The Balaban J connectivity index is 2.23. The van der Waals surface area contributed by atoms with E-state index in [0.29, 0.717) is 6.42 Å². The van der Waals surface area contributed by atoms with E-state index in [-0.39, 0.29) is 12.4 Å². The molecule has 0 unspecified atom stereocenters. The number of hydrogen-bond acceptors (Lipinski definition) is 2. The molecule has 0 aromatic heterocycles. The SMILES string of the molecule is O=C1CC=C(c2ccccc2)OC1. The summed E-state index contributed by atoms with van der Waals surface area (Å²) >= 11 is 0. The van der Waals surface area contributed by atoms with Crippen molar-refractivity contribution in [2.24, 2.45) is 0 Å². The third-order valence-corrected chi connectivity index (χ3v) is 1.96. The summed E-state index contributed by atoms with van der Waals surface area (Å²) in [6, 6.07) is 9.81. The molecule has 66 valence electrons. The molecule has 0 saturated heterocycles. The van der Waals surface area contributed by atoms with Crippen molar-refractivity contribution < 1.29 is 9.53 Å². The maximum atomic E-state index is 10.9. The van der Waals surface area contributed by atoms with Crippen molar-refractivity contribution in [3.05, 3.63) is 42.0 Å². The second kappa shape index (κ2) is 3.44. The van der Waals surface area contributed by atoms with E-state index in [4.69, 9.17) is 4.74 Å². The van der Waals surface area contributed by atoms with E-state index < -0.39 is 0 Å². The largest absolute Gasteiger partial charge is 0.486 e. The Morgan fingerprint density at radius 2 is 1.92 bits per heavy atom. The summed E-state index contributed by atoms with van der Waals surface area (Å²) in [7, 11) is 0. The summed E-state index contributed by atoms with van der Waals surface area (Å²) in [5.74, 6) is 0.958. The Morgan fingerprint density at radius 3 is 2.54 bits per heavy atom. The van der Waals surface area contributed by atoms with Gasteiger partial charge in [-0.1, -0.05) is 30.3 Å². The molecule has 1 aliphatic rings. The zero-order valence-corrected chi connectivity index (χ0v) is 7.19. The topological polar surface area (TPSA) is 26.3 Å². The summed E-state index contributed by atoms with van der Waals surface area (Å²) < 4.78 is 5.29. The number of hydrogen-bond donors (Lipinski definition) is 0. The van der Waals surface area contributed by atoms with Crippen molar-refractivity contribution in [2.45, 2.75) is 6.42 Å². The van der Waals surface area contributed by atoms with Gasteiger partial charge in [0.2, 0.25) is 0 Å². The van der Waals surface area contributed by atoms with Gasteiger partial charge >= 0.3 is 0 Å². The van der Waals surface area contributed by atoms with Gasteiger partial charge in [-0.3, -0.25) is 4.79 Å². The first-order valence-corrected chi connectivity index (χ1v) is 4.26. The molecule has 0 saturated carbocycles. The third kappa shape index (κ3) is 1.78. The summed E-state index contributed by atoms with van der Waals surface area (Å²) in [6.45, 7) is 0.209. The Labute approximate surface area is 76.8 Å². The van der Waals surface area contributed by atoms with E-state index in [1.807, 2.05) is 36.4 Å². The Kier molecular flexibility index (Phi) is 2.13. The molecule has 2 nitrogen and oxygen atoms in total. The molecule has 0 radical (unpaired) electrons. The molecular formula is C11H10O2. The molecule has 1 aromatic carbocycles. The summed E-state index contributed by atoms with van der Waals surface area (Å²) in [4.78, 5) is 10.9. The highest BCUT2D eigenvalue weighted by atomic mass is 16.5. The minimum Gasteiger partial charge on any atom is -0.486 e. The van der Waals surface area contributed by atoms with Crippen LogP contribution in [0.3, 0.4) is 0 Å². The molecule has 1 aromatic rings. The molecule has 0 aliphatic carbocycles. The van der Waals surface area contributed by atoms with Gasteiger partial charge in [-0.25, -0.2) is 0 Å². The van der Waals surface area contributed by atoms with Crippen LogP contribution in [-0.4, -0.2) is 12.4 Å². The lowest BCUT2D eigenvalue weighted by molar-refractivity contribution is -0.121. The Morgan fingerprint density at radius 1 is 1.15 bits per heavy atom. The molecule has 2 heteroatoms. The van der Waals surface area contributed by atoms with Crippen LogP contribution in [0.4, 0.5) is 0 Å². The average Bonchev–Trinajstić information content (AvgIpc) is 2.20. The van der Waals surface area contributed by atoms with Gasteiger partial charge in [-0.05, 0) is 6.08 Å². The number of allylic oxidation sites excluding steroid dienone is 1. The lowest BCUT2D eigenvalue weighted by Gasteiger charge is -2.13. The fourth-order valence-corrected chi connectivity index (χ4v) is 1.29. The quantitative estimate of drug-likeness (QED) is 0.651. The Hall–Kier alpha value is -1.57. The molecule has 0 amide bonds. The fourth-order valence-electron chi connectivity index (χ4n) is 1.29. The van der Waals surface area contributed by atoms with Crippen molar-refractivity contribution in [3.63, 3.8) is 0 Å². The van der Waals surface area contributed by atoms with Crippen molar-refractivity contribution in [1.29, 1.82) is 0 Å². The van der Waals surface area contributed by atoms with Crippen LogP contribution in [0.5, 0.6) is 0 Å². The van der Waals surface area contributed by atoms with E-state index in [2.05, 4.69) is 0 Å². The highest BCUT2D eigenvalue weighted by Gasteiger charge is 2.11. The van der Waals surface area contributed by atoms with Crippen LogP contribution >= 0.6 is 0 Å². The highest BCUT2D eigenvalue weighted by Crippen LogP contribution is 2.19. The first-order valence-electron chi connectivity index (χ1n) is 4.26. The molecular weight excluding hydrogens is 164 g/mol. The Bertz CT molecular complexity index is 338. The number of rotatable bonds is 1. The number of carbonyl (C=O) groups excluding carboxylic acids is 1. The lowest BCUT2D eigenvalue weighted by Crippen LogP contribution is -2.11. The first kappa shape index (κ1) is 8.05. The highest BCUT2D eigenvalue weighted by molar-refractivity contribution is 5.85. The van der Waals surface area contributed by atoms with Gasteiger partial charge in [0.25, 0.3) is 0 Å². The maximum absolute atomic E-state index is 10.9. The monoisotopic (exact) mass is 174 g/mol. The average molecular weight is 174 g/mol. The predicted octanol–water partition coefficient (Wildman–Crippen LogP) is 2.02. The number of carbonyl (C=O) groups is 1. The fraction of sp³-hybridized carbons (Fsp3) is 0.182. The van der Waals surface area contributed by atoms with Gasteiger partial charge in [0, 0.05) is 12.0 Å². The standard InChI is InChI=1S/C11H10O2/c12-10-6-7-11(13-8-10)9-4-2-1-3-5-9/h1-5,7H,6,8H2. The molecule has 0 spiro atoms. The predicted molar refractivity (Wildman–Crippen MR) is 50.0 cm³/mol. The minimum absolute atomic E-state index is 0.139. The number of benzene rings is 1. The molecule has 2 rings (SSSR count). The lowest BCUT2D eigenvalue weighted by atomic mass is 10.1. The van der Waals surface area contributed by atoms with E-state index in [0.717, 1.165) is 11.3 Å². The normalized spacial score (nSPS) is 16.3. The van der Waals surface area contributed by atoms with E-state index in [1.54, 1.807) is 0 Å². The van der Waals surface area contributed by atoms with Crippen LogP contribution in [0.1, 0.15) is 12.0 Å². The third-order valence-electron chi connectivity index (χ3n) is 1.96. The maximum Gasteiger partial charge on any atom is 0.174 e.